The SMILES string of the molecule is C/C=C\c1c(Cl)cc2[nH]ncc2c1C(C)(C)C. The molecule has 0 fully saturated rings. The van der Waals surface area contributed by atoms with Crippen LogP contribution in [-0.4, -0.2) is 10.2 Å². The number of nitrogens with zero attached hydrogens (tertiary/aromatic N) is 1. The van der Waals surface area contributed by atoms with Gasteiger partial charge in [-0.05, 0) is 29.5 Å². The maximum atomic E-state index is 6.35. The van der Waals surface area contributed by atoms with E-state index in [-0.39, 0.29) is 5.41 Å². The van der Waals surface area contributed by atoms with E-state index in [0.717, 1.165) is 21.5 Å². The molecule has 2 nitrogen and oxygen atoms in total. The minimum atomic E-state index is 0.0296. The summed E-state index contributed by atoms with van der Waals surface area (Å²) in [6.07, 6.45) is 5.96. The number of halogens is 1. The zero-order valence-electron chi connectivity index (χ0n) is 10.6. The first-order chi connectivity index (χ1) is 7.95. The molecule has 1 heterocycles. The smallest absolute Gasteiger partial charge is 0.0668 e. The van der Waals surface area contributed by atoms with Gasteiger partial charge in [0.1, 0.15) is 0 Å². The van der Waals surface area contributed by atoms with Crippen molar-refractivity contribution < 1.29 is 0 Å². The first-order valence-electron chi connectivity index (χ1n) is 5.74. The Kier molecular flexibility index (Phi) is 3.00. The predicted octanol–water partition coefficient (Wildman–Crippen LogP) is 4.55. The number of hydrogen-bond donors (Lipinski definition) is 1. The molecular weight excluding hydrogens is 232 g/mol. The molecule has 0 atom stereocenters. The summed E-state index contributed by atoms with van der Waals surface area (Å²) in [5.74, 6) is 0. The molecule has 0 saturated carbocycles. The third-order valence-electron chi connectivity index (χ3n) is 2.82. The highest BCUT2D eigenvalue weighted by atomic mass is 35.5. The fraction of sp³-hybridized carbons (Fsp3) is 0.357. The monoisotopic (exact) mass is 248 g/mol. The standard InChI is InChI=1S/C14H17ClN2/c1-5-6-9-11(15)7-12-10(8-16-17-12)13(9)14(2,3)4/h5-8H,1-4H3,(H,16,17)/b6-5-. The van der Waals surface area contributed by atoms with E-state index in [1.165, 1.54) is 5.56 Å². The average molecular weight is 249 g/mol. The third kappa shape index (κ3) is 2.09. The van der Waals surface area contributed by atoms with Crippen molar-refractivity contribution in [3.8, 4) is 0 Å². The van der Waals surface area contributed by atoms with Crippen molar-refractivity contribution in [3.05, 3.63) is 34.5 Å². The molecule has 0 aliphatic rings. The van der Waals surface area contributed by atoms with Crippen LogP contribution in [0.4, 0.5) is 0 Å². The molecule has 0 radical (unpaired) electrons. The Morgan fingerprint density at radius 1 is 1.35 bits per heavy atom. The van der Waals surface area contributed by atoms with Gasteiger partial charge in [-0.15, -0.1) is 0 Å². The molecule has 0 bridgehead atoms. The van der Waals surface area contributed by atoms with Crippen molar-refractivity contribution in [1.82, 2.24) is 10.2 Å². The maximum Gasteiger partial charge on any atom is 0.0668 e. The lowest BCUT2D eigenvalue weighted by atomic mass is 9.81. The molecule has 0 amide bonds. The maximum absolute atomic E-state index is 6.35. The predicted molar refractivity (Wildman–Crippen MR) is 74.5 cm³/mol. The van der Waals surface area contributed by atoms with Crippen molar-refractivity contribution in [2.45, 2.75) is 33.1 Å². The fourth-order valence-electron chi connectivity index (χ4n) is 2.21. The Bertz CT molecular complexity index is 574. The second-order valence-electron chi connectivity index (χ2n) is 5.23. The van der Waals surface area contributed by atoms with Gasteiger partial charge in [0.2, 0.25) is 0 Å². The van der Waals surface area contributed by atoms with E-state index in [0.29, 0.717) is 0 Å². The van der Waals surface area contributed by atoms with Gasteiger partial charge >= 0.3 is 0 Å². The lowest BCUT2D eigenvalue weighted by molar-refractivity contribution is 0.595. The quantitative estimate of drug-likeness (QED) is 0.788. The van der Waals surface area contributed by atoms with Crippen LogP contribution < -0.4 is 0 Å². The lowest BCUT2D eigenvalue weighted by Gasteiger charge is -2.23. The van der Waals surface area contributed by atoms with Crippen LogP contribution in [0.5, 0.6) is 0 Å². The van der Waals surface area contributed by atoms with Gasteiger partial charge in [0, 0.05) is 5.39 Å². The molecule has 0 spiro atoms. The molecule has 2 rings (SSSR count). The summed E-state index contributed by atoms with van der Waals surface area (Å²) in [6.45, 7) is 8.58. The van der Waals surface area contributed by atoms with Gasteiger partial charge in [-0.1, -0.05) is 44.5 Å². The number of rotatable bonds is 1. The molecule has 1 N–H and O–H groups in total. The van der Waals surface area contributed by atoms with E-state index in [1.807, 2.05) is 25.3 Å². The summed E-state index contributed by atoms with van der Waals surface area (Å²) in [5.41, 5.74) is 3.36. The first-order valence-corrected chi connectivity index (χ1v) is 6.11. The number of aromatic nitrogens is 2. The first kappa shape index (κ1) is 12.2. The number of nitrogens with one attached hydrogen (secondary N) is 1. The summed E-state index contributed by atoms with van der Waals surface area (Å²) >= 11 is 6.35. The normalized spacial score (nSPS) is 12.8. The molecule has 90 valence electrons. The second kappa shape index (κ2) is 4.19. The van der Waals surface area contributed by atoms with Crippen LogP contribution in [0.3, 0.4) is 0 Å². The number of hydrogen-bond acceptors (Lipinski definition) is 1. The van der Waals surface area contributed by atoms with Gasteiger partial charge < -0.3 is 0 Å². The molecule has 17 heavy (non-hydrogen) atoms. The van der Waals surface area contributed by atoms with E-state index in [4.69, 9.17) is 11.6 Å². The summed E-state index contributed by atoms with van der Waals surface area (Å²) < 4.78 is 0. The van der Waals surface area contributed by atoms with Crippen molar-refractivity contribution in [3.63, 3.8) is 0 Å². The van der Waals surface area contributed by atoms with Crippen molar-refractivity contribution in [2.24, 2.45) is 0 Å². The number of allylic oxidation sites excluding steroid dienone is 1. The zero-order valence-corrected chi connectivity index (χ0v) is 11.4. The van der Waals surface area contributed by atoms with Gasteiger partial charge in [-0.25, -0.2) is 0 Å². The molecule has 1 aromatic carbocycles. The number of fused-ring (bicyclic) bond motifs is 1. The average Bonchev–Trinajstić information content (AvgIpc) is 2.64. The molecule has 0 aliphatic heterocycles. The lowest BCUT2D eigenvalue weighted by Crippen LogP contribution is -2.13. The highest BCUT2D eigenvalue weighted by Crippen LogP contribution is 2.37. The Morgan fingerprint density at radius 2 is 2.06 bits per heavy atom. The number of H-pyrrole nitrogens is 1. The Balaban J connectivity index is 2.90. The third-order valence-corrected chi connectivity index (χ3v) is 3.13. The van der Waals surface area contributed by atoms with Crippen LogP contribution >= 0.6 is 11.6 Å². The molecule has 1 aromatic heterocycles. The molecule has 3 heteroatoms. The summed E-state index contributed by atoms with van der Waals surface area (Å²) in [4.78, 5) is 0. The van der Waals surface area contributed by atoms with E-state index in [9.17, 15) is 0 Å². The molecular formula is C14H17ClN2. The minimum Gasteiger partial charge on any atom is -0.278 e. The van der Waals surface area contributed by atoms with Gasteiger partial charge in [0.05, 0.1) is 16.7 Å². The molecule has 0 unspecified atom stereocenters. The molecule has 2 aromatic rings. The summed E-state index contributed by atoms with van der Waals surface area (Å²) in [5, 5.41) is 9.01. The van der Waals surface area contributed by atoms with Crippen molar-refractivity contribution >= 4 is 28.6 Å². The fourth-order valence-corrected chi connectivity index (χ4v) is 2.48. The highest BCUT2D eigenvalue weighted by Gasteiger charge is 2.22. The topological polar surface area (TPSA) is 28.7 Å². The minimum absolute atomic E-state index is 0.0296. The number of benzene rings is 1. The summed E-state index contributed by atoms with van der Waals surface area (Å²) in [7, 11) is 0. The Hall–Kier alpha value is -1.28. The molecule has 0 saturated heterocycles. The Labute approximate surface area is 107 Å². The van der Waals surface area contributed by atoms with E-state index < -0.39 is 0 Å². The summed E-state index contributed by atoms with van der Waals surface area (Å²) in [6, 6.07) is 1.94. The second-order valence-corrected chi connectivity index (χ2v) is 5.64. The van der Waals surface area contributed by atoms with Crippen molar-refractivity contribution in [1.29, 1.82) is 0 Å². The zero-order chi connectivity index (χ0) is 12.6. The van der Waals surface area contributed by atoms with Gasteiger partial charge in [-0.2, -0.15) is 5.10 Å². The van der Waals surface area contributed by atoms with Crippen molar-refractivity contribution in [2.75, 3.05) is 0 Å². The number of aromatic amines is 1. The van der Waals surface area contributed by atoms with E-state index in [2.05, 4.69) is 37.0 Å². The van der Waals surface area contributed by atoms with Crippen LogP contribution in [0, 0.1) is 0 Å². The Morgan fingerprint density at radius 3 is 2.65 bits per heavy atom. The van der Waals surface area contributed by atoms with Crippen LogP contribution in [0.25, 0.3) is 17.0 Å². The van der Waals surface area contributed by atoms with Gasteiger partial charge in [0.25, 0.3) is 0 Å². The van der Waals surface area contributed by atoms with E-state index >= 15 is 0 Å². The van der Waals surface area contributed by atoms with E-state index in [1.54, 1.807) is 0 Å². The van der Waals surface area contributed by atoms with Gasteiger partial charge in [0.15, 0.2) is 0 Å². The van der Waals surface area contributed by atoms with Crippen LogP contribution in [-0.2, 0) is 5.41 Å². The highest BCUT2D eigenvalue weighted by molar-refractivity contribution is 6.33. The van der Waals surface area contributed by atoms with Crippen LogP contribution in [0.1, 0.15) is 38.8 Å². The van der Waals surface area contributed by atoms with Crippen LogP contribution in [0.15, 0.2) is 18.3 Å². The van der Waals surface area contributed by atoms with Crippen LogP contribution in [0.2, 0.25) is 5.02 Å². The largest absolute Gasteiger partial charge is 0.278 e. The van der Waals surface area contributed by atoms with Gasteiger partial charge in [-0.3, -0.25) is 5.10 Å². The molecule has 0 aliphatic carbocycles.